The number of aliphatic carboxylic acids is 2. The van der Waals surface area contributed by atoms with Crippen molar-refractivity contribution in [1.82, 2.24) is 9.47 Å². The highest BCUT2D eigenvalue weighted by Crippen LogP contribution is 2.54. The Morgan fingerprint density at radius 2 is 1.44 bits per heavy atom. The average Bonchev–Trinajstić information content (AvgIpc) is 1.65. The van der Waals surface area contributed by atoms with E-state index in [1.165, 1.54) is 77.4 Å². The van der Waals surface area contributed by atoms with E-state index < -0.39 is 24.0 Å². The Morgan fingerprint density at radius 3 is 2.11 bits per heavy atom. The summed E-state index contributed by atoms with van der Waals surface area (Å²) < 4.78 is 8.45. The fraction of sp³-hybridized carbons (Fsp3) is 0.247. The number of carbonyl (C=O) groups excluding carboxylic acids is 1. The Bertz CT molecular complexity index is 4790. The lowest BCUT2D eigenvalue weighted by Gasteiger charge is -2.48. The van der Waals surface area contributed by atoms with Crippen molar-refractivity contribution in [1.29, 1.82) is 5.26 Å². The Labute approximate surface area is 547 Å². The number of hydrogen-bond donors (Lipinski definition) is 2. The van der Waals surface area contributed by atoms with Gasteiger partial charge in [0, 0.05) is 79.1 Å². The van der Waals surface area contributed by atoms with Crippen LogP contribution >= 0.6 is 58.0 Å². The average molecular weight is 1300 g/mol. The highest BCUT2D eigenvalue weighted by molar-refractivity contribution is 8.30. The first-order valence-electron chi connectivity index (χ1n) is 30.3. The second-order valence-electron chi connectivity index (χ2n) is 24.7. The smallest absolute Gasteiger partial charge is 0.346 e. The van der Waals surface area contributed by atoms with Crippen LogP contribution in [0.5, 0.6) is 0 Å². The van der Waals surface area contributed by atoms with Crippen LogP contribution in [0.1, 0.15) is 116 Å². The molecule has 458 valence electrons. The third-order valence-corrected chi connectivity index (χ3v) is 23.2. The molecule has 0 bridgehead atoms. The molecule has 4 aromatic heterocycles. The minimum absolute atomic E-state index is 0.0337. The number of anilines is 3. The number of hydrogen-bond acceptors (Lipinski definition) is 14. The number of nitrogens with zero attached hydrogens (tertiary/aromatic N) is 5. The van der Waals surface area contributed by atoms with Gasteiger partial charge in [-0.05, 0) is 161 Å². The van der Waals surface area contributed by atoms with Gasteiger partial charge in [0.1, 0.15) is 37.7 Å². The maximum Gasteiger partial charge on any atom is 0.346 e. The molecule has 91 heavy (non-hydrogen) atoms. The highest BCUT2D eigenvalue weighted by Gasteiger charge is 2.44. The van der Waals surface area contributed by atoms with E-state index in [9.17, 15) is 29.1 Å². The zero-order valence-corrected chi connectivity index (χ0v) is 54.7. The number of rotatable bonds is 12. The topological polar surface area (TPSA) is 177 Å². The Kier molecular flexibility index (Phi) is 16.5. The monoisotopic (exact) mass is 1300 g/mol. The summed E-state index contributed by atoms with van der Waals surface area (Å²) in [5, 5.41) is 28.8. The molecule has 18 heteroatoms. The van der Waals surface area contributed by atoms with Gasteiger partial charge in [0.15, 0.2) is 0 Å². The molecule has 2 atom stereocenters. The van der Waals surface area contributed by atoms with Gasteiger partial charge in [0.2, 0.25) is 0 Å². The molecule has 4 aliphatic heterocycles. The van der Waals surface area contributed by atoms with E-state index in [1.54, 1.807) is 12.1 Å². The number of thiazole rings is 1. The lowest BCUT2D eigenvalue weighted by atomic mass is 9.69. The van der Waals surface area contributed by atoms with Gasteiger partial charge < -0.3 is 24.4 Å². The molecule has 0 radical (unpaired) electrons. The number of amides is 1. The van der Waals surface area contributed by atoms with Crippen LogP contribution in [0.4, 0.5) is 17.1 Å². The molecule has 14 rings (SSSR count). The molecule has 1 saturated heterocycles. The zero-order valence-electron chi connectivity index (χ0n) is 50.7. The van der Waals surface area contributed by atoms with E-state index in [1.807, 2.05) is 55.5 Å². The number of fused-ring (bicyclic) bond motifs is 5. The molecule has 13 nitrogen and oxygen atoms in total. The van der Waals surface area contributed by atoms with Gasteiger partial charge in [0.05, 0.1) is 10.1 Å². The minimum atomic E-state index is -1.25. The van der Waals surface area contributed by atoms with E-state index in [-0.39, 0.29) is 27.9 Å². The Balaban J connectivity index is 0.000000174. The van der Waals surface area contributed by atoms with E-state index in [2.05, 4.69) is 135 Å². The summed E-state index contributed by atoms with van der Waals surface area (Å²) in [6.07, 6.45) is 10.9. The van der Waals surface area contributed by atoms with E-state index in [0.717, 1.165) is 111 Å². The van der Waals surface area contributed by atoms with Crippen LogP contribution in [0.2, 0.25) is 0 Å². The first kappa shape index (κ1) is 61.2. The molecule has 2 N–H and O–H groups in total. The van der Waals surface area contributed by atoms with Crippen LogP contribution in [0, 0.1) is 11.3 Å². The van der Waals surface area contributed by atoms with Crippen molar-refractivity contribution in [2.24, 2.45) is 0 Å². The van der Waals surface area contributed by atoms with Crippen LogP contribution in [-0.4, -0.2) is 67.5 Å². The van der Waals surface area contributed by atoms with Crippen molar-refractivity contribution in [3.8, 4) is 26.3 Å². The molecular formula is C73H63N5O8S5. The van der Waals surface area contributed by atoms with E-state index in [4.69, 9.17) is 27.0 Å². The Hall–Kier alpha value is -8.70. The van der Waals surface area contributed by atoms with Crippen molar-refractivity contribution in [3.05, 3.63) is 219 Å². The number of benzene rings is 5. The molecule has 1 amide bonds. The van der Waals surface area contributed by atoms with Gasteiger partial charge in [-0.1, -0.05) is 137 Å². The quantitative estimate of drug-likeness (QED) is 0.0389. The number of thiocarbonyl (C=S) groups is 1. The fourth-order valence-corrected chi connectivity index (χ4v) is 18.2. The summed E-state index contributed by atoms with van der Waals surface area (Å²) in [4.78, 5) is 73.2. The number of carboxylic acid groups (broad SMARTS) is 2. The molecule has 5 aromatic carbocycles. The van der Waals surface area contributed by atoms with Gasteiger partial charge >= 0.3 is 17.6 Å². The van der Waals surface area contributed by atoms with Crippen LogP contribution in [-0.2, 0) is 31.8 Å². The number of thioether (sulfide) groups is 1. The summed E-state index contributed by atoms with van der Waals surface area (Å²) in [5.41, 5.74) is 12.9. The second-order valence-corrected chi connectivity index (χ2v) is 29.6. The van der Waals surface area contributed by atoms with Crippen LogP contribution in [0.15, 0.2) is 159 Å². The molecular weight excluding hydrogens is 1240 g/mol. The molecule has 1 aliphatic carbocycles. The predicted molar refractivity (Wildman–Crippen MR) is 373 cm³/mol. The normalized spacial score (nSPS) is 18.6. The van der Waals surface area contributed by atoms with Crippen LogP contribution in [0.25, 0.3) is 59.9 Å². The van der Waals surface area contributed by atoms with Crippen molar-refractivity contribution in [3.63, 3.8) is 0 Å². The number of carbonyl (C=O) groups is 3. The first-order chi connectivity index (χ1) is 43.8. The Morgan fingerprint density at radius 1 is 0.769 bits per heavy atom. The summed E-state index contributed by atoms with van der Waals surface area (Å²) in [7, 11) is 0. The molecule has 8 heterocycles. The predicted octanol–water partition coefficient (Wildman–Crippen LogP) is 14.6. The van der Waals surface area contributed by atoms with Crippen molar-refractivity contribution in [2.75, 3.05) is 29.4 Å². The van der Waals surface area contributed by atoms with Crippen molar-refractivity contribution < 1.29 is 29.0 Å². The third kappa shape index (κ3) is 11.6. The molecule has 2 fully saturated rings. The van der Waals surface area contributed by atoms with Gasteiger partial charge in [-0.25, -0.2) is 9.59 Å². The van der Waals surface area contributed by atoms with Gasteiger partial charge in [0.25, 0.3) is 11.5 Å². The van der Waals surface area contributed by atoms with Gasteiger partial charge in [-0.3, -0.25) is 23.9 Å². The maximum atomic E-state index is 13.6. The lowest BCUT2D eigenvalue weighted by molar-refractivity contribution is -0.138. The summed E-state index contributed by atoms with van der Waals surface area (Å²) in [5.74, 6) is -2.33. The van der Waals surface area contributed by atoms with Crippen LogP contribution < -0.4 is 30.2 Å². The van der Waals surface area contributed by atoms with Crippen molar-refractivity contribution in [2.45, 2.75) is 96.1 Å². The molecule has 1 saturated carbocycles. The second kappa shape index (κ2) is 24.5. The summed E-state index contributed by atoms with van der Waals surface area (Å²) in [6, 6.07) is 50.0. The fourth-order valence-electron chi connectivity index (χ4n) is 13.5. The maximum absolute atomic E-state index is 13.6. The zero-order chi connectivity index (χ0) is 63.6. The molecule has 5 aliphatic rings. The van der Waals surface area contributed by atoms with Gasteiger partial charge in [-0.2, -0.15) is 5.26 Å². The van der Waals surface area contributed by atoms with Gasteiger partial charge in [-0.15, -0.1) is 34.0 Å². The molecule has 2 unspecified atom stereocenters. The van der Waals surface area contributed by atoms with Crippen LogP contribution in [0.3, 0.4) is 0 Å². The SMILES string of the molecule is CC1(C)CCN2CCC(C)(C)c3c2c1cc1cc(-c2ccc(-c4ccc(/C=C(/C#N)C(=O)O)s4)s2)c(=O)oc31.CCN1C(=O)/C(=c2/s/c(=C/c3ccc4c(c3)C3CCCC3N4c3ccc(C=C(c4ccccc4)c4ccccc4)cc3)c(=O)n2CC(=O)O)SC1=S. The number of thiophene rings is 2. The minimum Gasteiger partial charge on any atom is -0.480 e. The first-order valence-corrected chi connectivity index (χ1v) is 34.0. The molecule has 0 spiro atoms. The number of nitriles is 1. The van der Waals surface area contributed by atoms with E-state index in [0.29, 0.717) is 52.9 Å². The number of carboxylic acids is 2. The lowest BCUT2D eigenvalue weighted by Crippen LogP contribution is -2.44. The standard InChI is InChI=1S/C42H35N3O4S3.C31H28N2O4S2/c1-2-43-40(49)38(52-42(43)50)41-44(25-37(46)47)39(48)36(51-41)24-27-18-21-35-33(23-27)31-14-9-15-34(31)45(35)30-19-16-26(17-20-30)22-32(28-10-5-3-6-11-28)29-12-7-4-8-13-29;1-30(2)9-11-33-12-10-31(3,4)25-26(33)21(30)15-17-14-20(29(36)37-27(17)25)22-7-8-24(39-22)23-6-5-19(38-23)13-18(16-32)28(34)35/h3-8,10-13,16-24,31,34H,2,9,14-15,25H2,1H3,(H,46,47);5-8,13-15H,9-12H2,1-4H3,(H,34,35)/b36-24+,41-38-;18-13-. The summed E-state index contributed by atoms with van der Waals surface area (Å²) >= 11 is 10.5. The number of aromatic nitrogens is 1. The summed E-state index contributed by atoms with van der Waals surface area (Å²) in [6.45, 7) is 12.8. The molecule has 9 aromatic rings. The van der Waals surface area contributed by atoms with Crippen molar-refractivity contribution >= 4 is 137 Å². The highest BCUT2D eigenvalue weighted by atomic mass is 32.2. The van der Waals surface area contributed by atoms with E-state index >= 15 is 0 Å². The third-order valence-electron chi connectivity index (χ3n) is 18.1. The largest absolute Gasteiger partial charge is 0.480 e.